The van der Waals surface area contributed by atoms with Crippen LogP contribution in [0.2, 0.25) is 0 Å². The molecule has 0 atom stereocenters. The van der Waals surface area contributed by atoms with Gasteiger partial charge in [-0.3, -0.25) is 0 Å². The van der Waals surface area contributed by atoms with Crippen LogP contribution in [0.25, 0.3) is 11.3 Å². The fourth-order valence-corrected chi connectivity index (χ4v) is 2.02. The zero-order valence-electron chi connectivity index (χ0n) is 11.0. The zero-order chi connectivity index (χ0) is 14.2. The molecule has 100 valence electrons. The van der Waals surface area contributed by atoms with E-state index in [0.29, 0.717) is 17.1 Å². The SMILES string of the molecule is Cc1ccc(-c2ncnc(N)c2C(C)C)c(F)c1F. The quantitative estimate of drug-likeness (QED) is 0.903. The van der Waals surface area contributed by atoms with Crippen LogP contribution in [0, 0.1) is 18.6 Å². The Morgan fingerprint density at radius 1 is 1.11 bits per heavy atom. The summed E-state index contributed by atoms with van der Waals surface area (Å²) in [5.41, 5.74) is 7.16. The number of aryl methyl sites for hydroxylation is 1. The average Bonchev–Trinajstić information content (AvgIpc) is 2.35. The molecular weight excluding hydrogens is 248 g/mol. The minimum absolute atomic E-state index is 0.0139. The fraction of sp³-hybridized carbons (Fsp3) is 0.286. The Morgan fingerprint density at radius 2 is 1.79 bits per heavy atom. The Hall–Kier alpha value is -2.04. The molecule has 1 heterocycles. The largest absolute Gasteiger partial charge is 0.383 e. The lowest BCUT2D eigenvalue weighted by molar-refractivity contribution is 0.505. The molecular formula is C14H15F2N3. The van der Waals surface area contributed by atoms with E-state index < -0.39 is 11.6 Å². The summed E-state index contributed by atoms with van der Waals surface area (Å²) in [5.74, 6) is -1.45. The molecule has 19 heavy (non-hydrogen) atoms. The van der Waals surface area contributed by atoms with Gasteiger partial charge in [-0.2, -0.15) is 0 Å². The molecule has 0 saturated heterocycles. The predicted octanol–water partition coefficient (Wildman–Crippen LogP) is 3.44. The number of aromatic nitrogens is 2. The molecule has 5 heteroatoms. The van der Waals surface area contributed by atoms with Crippen LogP contribution in [0.5, 0.6) is 0 Å². The van der Waals surface area contributed by atoms with Gasteiger partial charge in [0.1, 0.15) is 12.1 Å². The van der Waals surface area contributed by atoms with Crippen molar-refractivity contribution in [2.45, 2.75) is 26.7 Å². The minimum atomic E-state index is -0.903. The third kappa shape index (κ3) is 2.28. The first-order valence-corrected chi connectivity index (χ1v) is 5.98. The molecule has 2 aromatic rings. The lowest BCUT2D eigenvalue weighted by Crippen LogP contribution is -2.05. The van der Waals surface area contributed by atoms with Crippen LogP contribution in [0.3, 0.4) is 0 Å². The number of nitrogen functional groups attached to an aromatic ring is 1. The molecule has 0 fully saturated rings. The Bertz CT molecular complexity index is 624. The predicted molar refractivity (Wildman–Crippen MR) is 70.6 cm³/mol. The lowest BCUT2D eigenvalue weighted by atomic mass is 9.96. The van der Waals surface area contributed by atoms with Crippen LogP contribution in [0.1, 0.15) is 30.9 Å². The number of nitrogens with two attached hydrogens (primary N) is 1. The summed E-state index contributed by atoms with van der Waals surface area (Å²) in [6.07, 6.45) is 1.26. The van der Waals surface area contributed by atoms with Crippen LogP contribution < -0.4 is 5.73 Å². The molecule has 0 aliphatic heterocycles. The van der Waals surface area contributed by atoms with Crippen molar-refractivity contribution in [3.8, 4) is 11.3 Å². The van der Waals surface area contributed by atoms with Gasteiger partial charge in [-0.1, -0.05) is 19.9 Å². The van der Waals surface area contributed by atoms with E-state index in [2.05, 4.69) is 9.97 Å². The summed E-state index contributed by atoms with van der Waals surface area (Å²) in [6, 6.07) is 3.04. The van der Waals surface area contributed by atoms with E-state index in [1.807, 2.05) is 13.8 Å². The molecule has 0 radical (unpaired) electrons. The van der Waals surface area contributed by atoms with E-state index in [9.17, 15) is 8.78 Å². The number of anilines is 1. The standard InChI is InChI=1S/C14H15F2N3/c1-7(2)10-13(18-6-19-14(10)17)9-5-4-8(3)11(15)12(9)16/h4-7H,1-3H3,(H2,17,18,19). The highest BCUT2D eigenvalue weighted by atomic mass is 19.2. The van der Waals surface area contributed by atoms with Crippen molar-refractivity contribution in [2.75, 3.05) is 5.73 Å². The van der Waals surface area contributed by atoms with E-state index >= 15 is 0 Å². The maximum absolute atomic E-state index is 14.0. The lowest BCUT2D eigenvalue weighted by Gasteiger charge is -2.14. The molecule has 1 aromatic carbocycles. The summed E-state index contributed by atoms with van der Waals surface area (Å²) in [6.45, 7) is 5.32. The second-order valence-electron chi connectivity index (χ2n) is 4.73. The van der Waals surface area contributed by atoms with Gasteiger partial charge in [0.05, 0.1) is 5.69 Å². The van der Waals surface area contributed by atoms with Gasteiger partial charge in [0.15, 0.2) is 11.6 Å². The van der Waals surface area contributed by atoms with E-state index in [4.69, 9.17) is 5.73 Å². The first-order valence-electron chi connectivity index (χ1n) is 5.98. The van der Waals surface area contributed by atoms with Crippen molar-refractivity contribution >= 4 is 5.82 Å². The Morgan fingerprint density at radius 3 is 2.42 bits per heavy atom. The second kappa shape index (κ2) is 4.91. The topological polar surface area (TPSA) is 51.8 Å². The highest BCUT2D eigenvalue weighted by molar-refractivity contribution is 5.69. The van der Waals surface area contributed by atoms with E-state index in [1.165, 1.54) is 25.4 Å². The Balaban J connectivity index is 2.73. The molecule has 0 aliphatic rings. The van der Waals surface area contributed by atoms with Crippen molar-refractivity contribution in [2.24, 2.45) is 0 Å². The first-order chi connectivity index (χ1) is 8.93. The Labute approximate surface area is 110 Å². The first kappa shape index (κ1) is 13.4. The van der Waals surface area contributed by atoms with Crippen molar-refractivity contribution in [1.82, 2.24) is 9.97 Å². The molecule has 0 aliphatic carbocycles. The van der Waals surface area contributed by atoms with Crippen molar-refractivity contribution < 1.29 is 8.78 Å². The molecule has 0 bridgehead atoms. The number of rotatable bonds is 2. The number of hydrogen-bond donors (Lipinski definition) is 1. The highest BCUT2D eigenvalue weighted by Gasteiger charge is 2.19. The molecule has 3 nitrogen and oxygen atoms in total. The summed E-state index contributed by atoms with van der Waals surface area (Å²) in [4.78, 5) is 7.97. The van der Waals surface area contributed by atoms with Gasteiger partial charge in [-0.25, -0.2) is 18.7 Å². The average molecular weight is 263 g/mol. The van der Waals surface area contributed by atoms with Gasteiger partial charge in [-0.05, 0) is 24.5 Å². The number of benzene rings is 1. The minimum Gasteiger partial charge on any atom is -0.383 e. The van der Waals surface area contributed by atoms with Crippen molar-refractivity contribution in [3.05, 3.63) is 41.2 Å². The van der Waals surface area contributed by atoms with E-state index in [1.54, 1.807) is 0 Å². The molecule has 0 amide bonds. The van der Waals surface area contributed by atoms with Crippen molar-refractivity contribution in [1.29, 1.82) is 0 Å². The number of nitrogens with zero attached hydrogens (tertiary/aromatic N) is 2. The molecule has 2 rings (SSSR count). The third-order valence-corrected chi connectivity index (χ3v) is 3.02. The monoisotopic (exact) mass is 263 g/mol. The normalized spacial score (nSPS) is 11.1. The maximum atomic E-state index is 14.0. The Kier molecular flexibility index (Phi) is 3.46. The van der Waals surface area contributed by atoms with Gasteiger partial charge in [-0.15, -0.1) is 0 Å². The van der Waals surface area contributed by atoms with Crippen LogP contribution in [-0.2, 0) is 0 Å². The summed E-state index contributed by atoms with van der Waals surface area (Å²) < 4.78 is 27.7. The summed E-state index contributed by atoms with van der Waals surface area (Å²) >= 11 is 0. The van der Waals surface area contributed by atoms with Gasteiger partial charge in [0.25, 0.3) is 0 Å². The van der Waals surface area contributed by atoms with Gasteiger partial charge >= 0.3 is 0 Å². The third-order valence-electron chi connectivity index (χ3n) is 3.02. The van der Waals surface area contributed by atoms with Crippen molar-refractivity contribution in [3.63, 3.8) is 0 Å². The molecule has 0 unspecified atom stereocenters. The van der Waals surface area contributed by atoms with Gasteiger partial charge in [0.2, 0.25) is 0 Å². The number of halogens is 2. The van der Waals surface area contributed by atoms with E-state index in [0.717, 1.165) is 0 Å². The van der Waals surface area contributed by atoms with E-state index in [-0.39, 0.29) is 17.0 Å². The fourth-order valence-electron chi connectivity index (χ4n) is 2.02. The summed E-state index contributed by atoms with van der Waals surface area (Å²) in [7, 11) is 0. The van der Waals surface area contributed by atoms with Gasteiger partial charge in [0, 0.05) is 11.1 Å². The number of hydrogen-bond acceptors (Lipinski definition) is 3. The smallest absolute Gasteiger partial charge is 0.168 e. The van der Waals surface area contributed by atoms with Crippen LogP contribution in [0.15, 0.2) is 18.5 Å². The highest BCUT2D eigenvalue weighted by Crippen LogP contribution is 2.33. The van der Waals surface area contributed by atoms with Gasteiger partial charge < -0.3 is 5.73 Å². The molecule has 1 aromatic heterocycles. The maximum Gasteiger partial charge on any atom is 0.168 e. The summed E-state index contributed by atoms with van der Waals surface area (Å²) in [5, 5.41) is 0. The van der Waals surface area contributed by atoms with Crippen LogP contribution in [-0.4, -0.2) is 9.97 Å². The van der Waals surface area contributed by atoms with Crippen LogP contribution in [0.4, 0.5) is 14.6 Å². The molecule has 0 saturated carbocycles. The molecule has 0 spiro atoms. The zero-order valence-corrected chi connectivity index (χ0v) is 11.0. The van der Waals surface area contributed by atoms with Crippen LogP contribution >= 0.6 is 0 Å². The molecule has 2 N–H and O–H groups in total. The second-order valence-corrected chi connectivity index (χ2v) is 4.73.